The van der Waals surface area contributed by atoms with Crippen LogP contribution in [0.5, 0.6) is 0 Å². The van der Waals surface area contributed by atoms with Gasteiger partial charge < -0.3 is 19.1 Å². The number of amides is 1. The number of thioether (sulfide) groups is 1. The zero-order valence-corrected chi connectivity index (χ0v) is 24.0. The van der Waals surface area contributed by atoms with E-state index in [1.54, 1.807) is 0 Å². The van der Waals surface area contributed by atoms with Crippen LogP contribution in [0.25, 0.3) is 11.0 Å². The van der Waals surface area contributed by atoms with Gasteiger partial charge in [-0.15, -0.1) is 11.8 Å². The van der Waals surface area contributed by atoms with E-state index in [1.165, 1.54) is 16.2 Å². The van der Waals surface area contributed by atoms with Gasteiger partial charge in [-0.25, -0.2) is 9.78 Å². The Morgan fingerprint density at radius 3 is 2.46 bits per heavy atom. The molecule has 1 aliphatic heterocycles. The van der Waals surface area contributed by atoms with E-state index in [0.717, 1.165) is 63.1 Å². The molecule has 0 bridgehead atoms. The topological polar surface area (TPSA) is 50.6 Å². The summed E-state index contributed by atoms with van der Waals surface area (Å²) in [5, 5.41) is 0. The molecule has 1 aromatic heterocycles. The van der Waals surface area contributed by atoms with E-state index in [2.05, 4.69) is 62.5 Å². The molecule has 7 heteroatoms. The fourth-order valence-electron chi connectivity index (χ4n) is 4.31. The molecule has 1 amide bonds. The van der Waals surface area contributed by atoms with Gasteiger partial charge in [0.1, 0.15) is 11.4 Å². The number of likely N-dealkylation sites (tertiary alicyclic amines) is 1. The summed E-state index contributed by atoms with van der Waals surface area (Å²) in [6, 6.07) is 6.78. The molecule has 0 radical (unpaired) electrons. The molecule has 0 N–H and O–H groups in total. The minimum Gasteiger partial charge on any atom is -0.444 e. The van der Waals surface area contributed by atoms with Crippen LogP contribution in [0.15, 0.2) is 23.1 Å². The van der Waals surface area contributed by atoms with Crippen molar-refractivity contribution in [2.45, 2.75) is 84.3 Å². The summed E-state index contributed by atoms with van der Waals surface area (Å²) in [7, 11) is 4.25. The van der Waals surface area contributed by atoms with Crippen LogP contribution in [0.4, 0.5) is 4.79 Å². The summed E-state index contributed by atoms with van der Waals surface area (Å²) in [4.78, 5) is 22.8. The van der Waals surface area contributed by atoms with E-state index < -0.39 is 5.60 Å². The summed E-state index contributed by atoms with van der Waals surface area (Å²) < 4.78 is 7.96. The number of ether oxygens (including phenoxy) is 1. The fourth-order valence-corrected chi connectivity index (χ4v) is 5.43. The van der Waals surface area contributed by atoms with Crippen molar-refractivity contribution in [2.75, 3.05) is 39.5 Å². The van der Waals surface area contributed by atoms with Gasteiger partial charge >= 0.3 is 6.09 Å². The molecule has 2 heterocycles. The normalized spacial score (nSPS) is 15.9. The average molecular weight is 503 g/mol. The number of rotatable bonds is 9. The molecule has 2 aromatic rings. The first-order valence-corrected chi connectivity index (χ1v) is 14.1. The number of benzene rings is 1. The molecule has 35 heavy (non-hydrogen) atoms. The molecule has 0 unspecified atom stereocenters. The molecule has 196 valence electrons. The van der Waals surface area contributed by atoms with Crippen molar-refractivity contribution in [3.05, 3.63) is 24.0 Å². The number of carbonyl (C=O) groups is 1. The second kappa shape index (κ2) is 11.5. The molecule has 1 saturated heterocycles. The lowest BCUT2D eigenvalue weighted by Gasteiger charge is -2.33. The van der Waals surface area contributed by atoms with Crippen LogP contribution in [0.2, 0.25) is 0 Å². The van der Waals surface area contributed by atoms with Gasteiger partial charge in [-0.3, -0.25) is 0 Å². The van der Waals surface area contributed by atoms with Gasteiger partial charge in [-0.1, -0.05) is 27.2 Å². The van der Waals surface area contributed by atoms with Gasteiger partial charge in [0.15, 0.2) is 0 Å². The molecule has 0 atom stereocenters. The molecule has 1 aromatic carbocycles. The van der Waals surface area contributed by atoms with E-state index in [1.807, 2.05) is 37.4 Å². The summed E-state index contributed by atoms with van der Waals surface area (Å²) in [6.45, 7) is 16.2. The lowest BCUT2D eigenvalue weighted by molar-refractivity contribution is 0.0191. The van der Waals surface area contributed by atoms with Crippen LogP contribution in [0.1, 0.15) is 66.6 Å². The first-order valence-electron chi connectivity index (χ1n) is 13.1. The van der Waals surface area contributed by atoms with Crippen molar-refractivity contribution in [3.8, 4) is 0 Å². The maximum Gasteiger partial charge on any atom is 0.410 e. The van der Waals surface area contributed by atoms with Crippen molar-refractivity contribution in [1.82, 2.24) is 19.4 Å². The maximum atomic E-state index is 12.3. The molecule has 0 saturated carbocycles. The zero-order chi connectivity index (χ0) is 25.8. The molecular weight excluding hydrogens is 456 g/mol. The number of nitrogens with zero attached hydrogens (tertiary/aromatic N) is 4. The molecule has 3 rings (SSSR count). The van der Waals surface area contributed by atoms with Crippen molar-refractivity contribution in [1.29, 1.82) is 0 Å². The molecule has 1 aliphatic rings. The number of likely N-dealkylation sites (N-methyl/N-ethyl adjacent to an activating group) is 1. The number of fused-ring (bicyclic) bond motifs is 1. The second-order valence-electron chi connectivity index (χ2n) is 12.0. The molecule has 6 nitrogen and oxygen atoms in total. The highest BCUT2D eigenvalue weighted by Crippen LogP contribution is 2.31. The Hall–Kier alpha value is -1.73. The van der Waals surface area contributed by atoms with Crippen molar-refractivity contribution < 1.29 is 9.53 Å². The van der Waals surface area contributed by atoms with Crippen LogP contribution in [0, 0.1) is 11.3 Å². The first kappa shape index (κ1) is 27.9. The van der Waals surface area contributed by atoms with Crippen LogP contribution in [-0.2, 0) is 17.7 Å². The van der Waals surface area contributed by atoms with Crippen molar-refractivity contribution in [2.24, 2.45) is 11.3 Å². The summed E-state index contributed by atoms with van der Waals surface area (Å²) in [5.41, 5.74) is 2.15. The van der Waals surface area contributed by atoms with Crippen molar-refractivity contribution >= 4 is 28.9 Å². The van der Waals surface area contributed by atoms with Gasteiger partial charge in [0, 0.05) is 43.2 Å². The van der Waals surface area contributed by atoms with E-state index in [0.29, 0.717) is 5.92 Å². The van der Waals surface area contributed by atoms with Gasteiger partial charge in [-0.05, 0) is 77.2 Å². The highest BCUT2D eigenvalue weighted by molar-refractivity contribution is 7.99. The van der Waals surface area contributed by atoms with E-state index in [-0.39, 0.29) is 11.5 Å². The van der Waals surface area contributed by atoms with Gasteiger partial charge in [0.05, 0.1) is 11.0 Å². The Morgan fingerprint density at radius 2 is 1.86 bits per heavy atom. The fraction of sp³-hybridized carbons (Fsp3) is 0.714. The highest BCUT2D eigenvalue weighted by atomic mass is 32.2. The van der Waals surface area contributed by atoms with Crippen LogP contribution >= 0.6 is 11.8 Å². The average Bonchev–Trinajstić information content (AvgIpc) is 3.10. The summed E-state index contributed by atoms with van der Waals surface area (Å²) in [6.07, 6.45) is 4.01. The smallest absolute Gasteiger partial charge is 0.410 e. The Balaban J connectivity index is 1.64. The summed E-state index contributed by atoms with van der Waals surface area (Å²) in [5.74, 6) is 2.89. The first-order chi connectivity index (χ1) is 16.4. The molecule has 1 fully saturated rings. The monoisotopic (exact) mass is 502 g/mol. The summed E-state index contributed by atoms with van der Waals surface area (Å²) >= 11 is 1.92. The van der Waals surface area contributed by atoms with Gasteiger partial charge in [0.2, 0.25) is 0 Å². The molecule has 0 spiro atoms. The Labute approximate surface area is 216 Å². The number of carbonyl (C=O) groups excluding carboxylic acids is 1. The largest absolute Gasteiger partial charge is 0.444 e. The third-order valence-electron chi connectivity index (χ3n) is 6.92. The van der Waals surface area contributed by atoms with E-state index in [9.17, 15) is 4.79 Å². The quantitative estimate of drug-likeness (QED) is 0.376. The predicted molar refractivity (Wildman–Crippen MR) is 147 cm³/mol. The molecule has 0 aliphatic carbocycles. The zero-order valence-electron chi connectivity index (χ0n) is 23.2. The number of hydrogen-bond acceptors (Lipinski definition) is 5. The standard InChI is InChI=1S/C28H46N4O2S/c1-9-28(5,6)19-25-29-23-18-22(10-11-24(23)32(25)17-16-30(7)8)35-20-21-12-14-31(15-13-21)26(33)34-27(2,3)4/h10-11,18,21H,9,12-17,19-20H2,1-8H3. The Kier molecular flexibility index (Phi) is 9.19. The van der Waals surface area contributed by atoms with Crippen LogP contribution in [-0.4, -0.2) is 70.5 Å². The SMILES string of the molecule is CCC(C)(C)Cc1nc2cc(SCC3CCN(C(=O)OC(C)(C)C)CC3)ccc2n1CCN(C)C. The third kappa shape index (κ3) is 8.14. The van der Waals surface area contributed by atoms with E-state index in [4.69, 9.17) is 9.72 Å². The predicted octanol–water partition coefficient (Wildman–Crippen LogP) is 6.32. The van der Waals surface area contributed by atoms with Crippen LogP contribution in [0.3, 0.4) is 0 Å². The van der Waals surface area contributed by atoms with E-state index >= 15 is 0 Å². The lowest BCUT2D eigenvalue weighted by atomic mass is 9.86. The number of piperidine rings is 1. The van der Waals surface area contributed by atoms with Crippen LogP contribution < -0.4 is 0 Å². The minimum absolute atomic E-state index is 0.180. The van der Waals surface area contributed by atoms with Gasteiger partial charge in [0.25, 0.3) is 0 Å². The number of hydrogen-bond donors (Lipinski definition) is 0. The highest BCUT2D eigenvalue weighted by Gasteiger charge is 2.27. The second-order valence-corrected chi connectivity index (χ2v) is 13.1. The number of aromatic nitrogens is 2. The van der Waals surface area contributed by atoms with Gasteiger partial charge in [-0.2, -0.15) is 0 Å². The third-order valence-corrected chi connectivity index (χ3v) is 8.14. The maximum absolute atomic E-state index is 12.3. The lowest BCUT2D eigenvalue weighted by Crippen LogP contribution is -2.42. The Morgan fingerprint density at radius 1 is 1.17 bits per heavy atom. The Bertz CT molecular complexity index is 985. The van der Waals surface area contributed by atoms with Crippen molar-refractivity contribution in [3.63, 3.8) is 0 Å². The molecular formula is C28H46N4O2S. The number of imidazole rings is 1. The minimum atomic E-state index is -0.436.